The fourth-order valence-corrected chi connectivity index (χ4v) is 2.48. The van der Waals surface area contributed by atoms with E-state index in [-0.39, 0.29) is 12.0 Å². The van der Waals surface area contributed by atoms with Crippen molar-refractivity contribution in [3.8, 4) is 0 Å². The molecular weight excluding hydrogens is 214 g/mol. The van der Waals surface area contributed by atoms with Gasteiger partial charge in [0.25, 0.3) is 0 Å². The van der Waals surface area contributed by atoms with E-state index in [0.29, 0.717) is 0 Å². The number of para-hydroxylation sites is 1. The Morgan fingerprint density at radius 1 is 1.35 bits per heavy atom. The van der Waals surface area contributed by atoms with Crippen LogP contribution in [0.3, 0.4) is 0 Å². The van der Waals surface area contributed by atoms with Crippen LogP contribution in [0, 0.1) is 5.92 Å². The minimum atomic E-state index is -0.451. The second-order valence-corrected chi connectivity index (χ2v) is 5.01. The summed E-state index contributed by atoms with van der Waals surface area (Å²) in [5, 5.41) is 19.5. The Morgan fingerprint density at radius 2 is 2.06 bits per heavy atom. The fourth-order valence-electron chi connectivity index (χ4n) is 2.48. The van der Waals surface area contributed by atoms with Gasteiger partial charge in [-0.2, -0.15) is 0 Å². The minimum Gasteiger partial charge on any atom is -0.393 e. The van der Waals surface area contributed by atoms with Crippen LogP contribution in [-0.4, -0.2) is 29.4 Å². The third-order valence-electron chi connectivity index (χ3n) is 3.59. The molecule has 0 aromatic heterocycles. The Bertz CT molecular complexity index is 378. The lowest BCUT2D eigenvalue weighted by Gasteiger charge is -2.37. The summed E-state index contributed by atoms with van der Waals surface area (Å²) in [7, 11) is 0. The van der Waals surface area contributed by atoms with Gasteiger partial charge in [-0.3, -0.25) is 0 Å². The zero-order chi connectivity index (χ0) is 12.4. The average molecular weight is 235 g/mol. The van der Waals surface area contributed by atoms with Gasteiger partial charge < -0.3 is 15.1 Å². The van der Waals surface area contributed by atoms with Crippen molar-refractivity contribution in [1.29, 1.82) is 0 Å². The molecule has 3 atom stereocenters. The molecule has 1 aromatic rings. The third-order valence-corrected chi connectivity index (χ3v) is 3.59. The normalized spacial score (nSPS) is 26.9. The van der Waals surface area contributed by atoms with Gasteiger partial charge in [-0.05, 0) is 25.3 Å². The number of nitrogens with zero attached hydrogens (tertiary/aromatic N) is 1. The van der Waals surface area contributed by atoms with Crippen molar-refractivity contribution in [1.82, 2.24) is 0 Å². The quantitative estimate of drug-likeness (QED) is 0.823. The van der Waals surface area contributed by atoms with Crippen molar-refractivity contribution in [2.24, 2.45) is 5.92 Å². The Balaban J connectivity index is 2.22. The van der Waals surface area contributed by atoms with E-state index < -0.39 is 6.10 Å². The molecule has 2 unspecified atom stereocenters. The minimum absolute atomic E-state index is 0.190. The molecule has 0 saturated carbocycles. The first-order valence-electron chi connectivity index (χ1n) is 6.29. The molecule has 2 N–H and O–H groups in total. The molecular formula is C14H21NO2. The maximum atomic E-state index is 9.78. The van der Waals surface area contributed by atoms with Crippen LogP contribution < -0.4 is 4.90 Å². The predicted octanol–water partition coefficient (Wildman–Crippen LogP) is 1.95. The van der Waals surface area contributed by atoms with Crippen LogP contribution in [0.25, 0.3) is 0 Å². The highest BCUT2D eigenvalue weighted by Gasteiger charge is 2.25. The summed E-state index contributed by atoms with van der Waals surface area (Å²) in [6, 6.07) is 7.97. The molecule has 1 aliphatic rings. The Labute approximate surface area is 103 Å². The number of benzene rings is 1. The summed E-state index contributed by atoms with van der Waals surface area (Å²) < 4.78 is 0. The van der Waals surface area contributed by atoms with E-state index >= 15 is 0 Å². The molecule has 3 nitrogen and oxygen atoms in total. The van der Waals surface area contributed by atoms with Crippen LogP contribution >= 0.6 is 0 Å². The van der Waals surface area contributed by atoms with Crippen LogP contribution in [0.1, 0.15) is 31.9 Å². The lowest BCUT2D eigenvalue weighted by molar-refractivity contribution is 0.0968. The van der Waals surface area contributed by atoms with E-state index in [9.17, 15) is 10.2 Å². The van der Waals surface area contributed by atoms with Crippen LogP contribution in [0.2, 0.25) is 0 Å². The monoisotopic (exact) mass is 235 g/mol. The maximum Gasteiger partial charge on any atom is 0.0781 e. The van der Waals surface area contributed by atoms with Gasteiger partial charge in [-0.15, -0.1) is 0 Å². The fraction of sp³-hybridized carbons (Fsp3) is 0.571. The van der Waals surface area contributed by atoms with E-state index in [2.05, 4.69) is 11.8 Å². The molecule has 17 heavy (non-hydrogen) atoms. The molecule has 1 aliphatic heterocycles. The number of aliphatic hydroxyl groups excluding tert-OH is 2. The summed E-state index contributed by atoms with van der Waals surface area (Å²) in [5.74, 6) is 0.283. The molecule has 3 heteroatoms. The summed E-state index contributed by atoms with van der Waals surface area (Å²) in [5.41, 5.74) is 2.07. The van der Waals surface area contributed by atoms with Crippen LogP contribution in [0.4, 0.5) is 5.69 Å². The number of hydrogen-bond acceptors (Lipinski definition) is 3. The van der Waals surface area contributed by atoms with Crippen molar-refractivity contribution in [2.45, 2.75) is 32.5 Å². The highest BCUT2D eigenvalue weighted by molar-refractivity contribution is 5.54. The van der Waals surface area contributed by atoms with Crippen molar-refractivity contribution in [3.63, 3.8) is 0 Å². The van der Waals surface area contributed by atoms with E-state index in [0.717, 1.165) is 30.8 Å². The molecule has 2 rings (SSSR count). The van der Waals surface area contributed by atoms with Gasteiger partial charge in [0.2, 0.25) is 0 Å². The van der Waals surface area contributed by atoms with E-state index in [4.69, 9.17) is 0 Å². The number of rotatable bonds is 2. The van der Waals surface area contributed by atoms with Crippen LogP contribution in [0.5, 0.6) is 0 Å². The molecule has 0 spiro atoms. The lowest BCUT2D eigenvalue weighted by Crippen LogP contribution is -2.42. The summed E-state index contributed by atoms with van der Waals surface area (Å²) in [6.45, 7) is 5.57. The average Bonchev–Trinajstić information content (AvgIpc) is 2.32. The molecule has 94 valence electrons. The standard InChI is InChI=1S/C14H21NO2/c1-10-9-15(8-7-14(10)17)13-6-4-3-5-12(13)11(2)16/h3-6,10-11,14,16-17H,7-9H2,1-2H3/t10?,11-,14?/m1/s1. The summed E-state index contributed by atoms with van der Waals surface area (Å²) in [6.07, 6.45) is 0.160. The second kappa shape index (κ2) is 5.07. The number of aliphatic hydroxyl groups is 2. The zero-order valence-corrected chi connectivity index (χ0v) is 10.5. The van der Waals surface area contributed by atoms with Gasteiger partial charge in [0.15, 0.2) is 0 Å². The Hall–Kier alpha value is -1.06. The third kappa shape index (κ3) is 2.61. The molecule has 0 aliphatic carbocycles. The largest absolute Gasteiger partial charge is 0.393 e. The van der Waals surface area contributed by atoms with Crippen LogP contribution in [0.15, 0.2) is 24.3 Å². The van der Waals surface area contributed by atoms with Gasteiger partial charge >= 0.3 is 0 Å². The van der Waals surface area contributed by atoms with Gasteiger partial charge in [0.1, 0.15) is 0 Å². The number of piperidine rings is 1. The van der Waals surface area contributed by atoms with E-state index in [1.54, 1.807) is 6.92 Å². The Kier molecular flexibility index (Phi) is 3.69. The molecule has 1 aromatic carbocycles. The van der Waals surface area contributed by atoms with E-state index in [1.165, 1.54) is 0 Å². The van der Waals surface area contributed by atoms with Crippen molar-refractivity contribution in [3.05, 3.63) is 29.8 Å². The van der Waals surface area contributed by atoms with Crippen molar-refractivity contribution >= 4 is 5.69 Å². The summed E-state index contributed by atoms with van der Waals surface area (Å²) >= 11 is 0. The summed E-state index contributed by atoms with van der Waals surface area (Å²) in [4.78, 5) is 2.26. The lowest BCUT2D eigenvalue weighted by atomic mass is 9.95. The first-order valence-corrected chi connectivity index (χ1v) is 6.29. The molecule has 0 bridgehead atoms. The molecule has 0 amide bonds. The highest BCUT2D eigenvalue weighted by atomic mass is 16.3. The number of anilines is 1. The first kappa shape index (κ1) is 12.4. The topological polar surface area (TPSA) is 43.7 Å². The zero-order valence-electron chi connectivity index (χ0n) is 10.5. The Morgan fingerprint density at radius 3 is 2.71 bits per heavy atom. The SMILES string of the molecule is CC1CN(c2ccccc2[C@@H](C)O)CCC1O. The molecule has 1 fully saturated rings. The van der Waals surface area contributed by atoms with Crippen molar-refractivity contribution < 1.29 is 10.2 Å². The molecule has 1 heterocycles. The van der Waals surface area contributed by atoms with E-state index in [1.807, 2.05) is 24.3 Å². The predicted molar refractivity (Wildman–Crippen MR) is 69.1 cm³/mol. The van der Waals surface area contributed by atoms with Crippen LogP contribution in [-0.2, 0) is 0 Å². The van der Waals surface area contributed by atoms with Gasteiger partial charge in [-0.25, -0.2) is 0 Å². The second-order valence-electron chi connectivity index (χ2n) is 5.01. The molecule has 0 radical (unpaired) electrons. The van der Waals surface area contributed by atoms with Gasteiger partial charge in [0.05, 0.1) is 12.2 Å². The molecule has 1 saturated heterocycles. The van der Waals surface area contributed by atoms with Crippen molar-refractivity contribution in [2.75, 3.05) is 18.0 Å². The number of hydrogen-bond donors (Lipinski definition) is 2. The van der Waals surface area contributed by atoms with Gasteiger partial charge in [-0.1, -0.05) is 25.1 Å². The highest BCUT2D eigenvalue weighted by Crippen LogP contribution is 2.29. The smallest absolute Gasteiger partial charge is 0.0781 e. The maximum absolute atomic E-state index is 9.78. The first-order chi connectivity index (χ1) is 8.09. The van der Waals surface area contributed by atoms with Gasteiger partial charge in [0, 0.05) is 24.3 Å².